The number of oxazole rings is 1. The van der Waals surface area contributed by atoms with E-state index in [-0.39, 0.29) is 25.8 Å². The molecule has 2 aromatic heterocycles. The minimum Gasteiger partial charge on any atom is -0.496 e. The Morgan fingerprint density at radius 2 is 1.65 bits per heavy atom. The highest BCUT2D eigenvalue weighted by molar-refractivity contribution is 5.94. The molecule has 3 aromatic rings. The number of aryl methyl sites for hydroxylation is 1. The number of likely N-dealkylation sites (N-methyl/N-ethyl adjacent to an activating group) is 1. The van der Waals surface area contributed by atoms with Gasteiger partial charge in [-0.2, -0.15) is 0 Å². The van der Waals surface area contributed by atoms with Crippen molar-refractivity contribution in [2.75, 3.05) is 32.7 Å². The van der Waals surface area contributed by atoms with Gasteiger partial charge in [0.05, 0.1) is 7.11 Å². The molecule has 48 heavy (non-hydrogen) atoms. The van der Waals surface area contributed by atoms with E-state index in [1.807, 2.05) is 19.2 Å². The van der Waals surface area contributed by atoms with Gasteiger partial charge in [0.2, 0.25) is 5.91 Å². The molecule has 10 nitrogen and oxygen atoms in total. The van der Waals surface area contributed by atoms with Gasteiger partial charge in [-0.3, -0.25) is 19.3 Å². The first-order valence-corrected chi connectivity index (χ1v) is 17.4. The SMILES string of the molecule is CN(C(=O)C1CCCCC1)c1cc(-c2coc(C3CC3)n2)ccn1.CNC(=O)COC(C)=O.COc1ccc(C2CCCCC2)cc1C.[HH]. The summed E-state index contributed by atoms with van der Waals surface area (Å²) < 4.78 is 15.2. The molecule has 0 aliphatic heterocycles. The average molecular weight is 663 g/mol. The number of nitrogens with zero attached hydrogens (tertiary/aromatic N) is 3. The number of rotatable bonds is 8. The Morgan fingerprint density at radius 3 is 2.25 bits per heavy atom. The lowest BCUT2D eigenvalue weighted by atomic mass is 9.83. The third kappa shape index (κ3) is 10.9. The first-order valence-electron chi connectivity index (χ1n) is 17.4. The molecule has 3 aliphatic carbocycles. The number of carbonyl (C=O) groups excluding carboxylic acids is 3. The van der Waals surface area contributed by atoms with Crippen molar-refractivity contribution < 1.29 is 29.7 Å². The Bertz CT molecular complexity index is 1490. The average Bonchev–Trinajstić information content (AvgIpc) is 3.86. The number of ether oxygens (including phenoxy) is 2. The second-order valence-corrected chi connectivity index (χ2v) is 13.0. The number of carbonyl (C=O) groups is 3. The van der Waals surface area contributed by atoms with Crippen LogP contribution < -0.4 is 15.0 Å². The number of esters is 1. The number of methoxy groups -OCH3 is 1. The van der Waals surface area contributed by atoms with E-state index in [0.29, 0.717) is 11.7 Å². The van der Waals surface area contributed by atoms with Crippen molar-refractivity contribution in [2.45, 2.75) is 103 Å². The summed E-state index contributed by atoms with van der Waals surface area (Å²) >= 11 is 0. The molecule has 1 N–H and O–H groups in total. The summed E-state index contributed by atoms with van der Waals surface area (Å²) in [6.45, 7) is 3.19. The van der Waals surface area contributed by atoms with Crippen molar-refractivity contribution >= 4 is 23.6 Å². The lowest BCUT2D eigenvalue weighted by molar-refractivity contribution is -0.146. The number of amides is 2. The van der Waals surface area contributed by atoms with Crippen molar-refractivity contribution in [3.05, 3.63) is 59.8 Å². The second-order valence-electron chi connectivity index (χ2n) is 13.0. The monoisotopic (exact) mass is 662 g/mol. The van der Waals surface area contributed by atoms with E-state index < -0.39 is 5.97 Å². The highest BCUT2D eigenvalue weighted by Gasteiger charge is 2.29. The van der Waals surface area contributed by atoms with E-state index in [9.17, 15) is 14.4 Å². The fraction of sp³-hybridized carbons (Fsp3) is 0.553. The molecule has 0 bridgehead atoms. The van der Waals surface area contributed by atoms with E-state index in [4.69, 9.17) is 9.15 Å². The predicted molar refractivity (Wildman–Crippen MR) is 188 cm³/mol. The first-order chi connectivity index (χ1) is 23.2. The van der Waals surface area contributed by atoms with Crippen LogP contribution in [0.4, 0.5) is 5.82 Å². The molecule has 3 fully saturated rings. The Kier molecular flexibility index (Phi) is 14.0. The summed E-state index contributed by atoms with van der Waals surface area (Å²) in [5, 5.41) is 2.30. The number of aromatic nitrogens is 2. The van der Waals surface area contributed by atoms with E-state index in [1.165, 1.54) is 76.5 Å². The van der Waals surface area contributed by atoms with E-state index in [2.05, 4.69) is 45.1 Å². The van der Waals surface area contributed by atoms with Crippen LogP contribution in [-0.4, -0.2) is 55.6 Å². The molecule has 1 aromatic carbocycles. The number of hydrogen-bond acceptors (Lipinski definition) is 8. The molecule has 3 aliphatic rings. The Hall–Kier alpha value is -4.21. The summed E-state index contributed by atoms with van der Waals surface area (Å²) in [6, 6.07) is 10.5. The van der Waals surface area contributed by atoms with Gasteiger partial charge >= 0.3 is 5.97 Å². The van der Waals surface area contributed by atoms with Crippen LogP contribution in [-0.2, 0) is 19.1 Å². The van der Waals surface area contributed by atoms with Crippen LogP contribution in [0, 0.1) is 12.8 Å². The van der Waals surface area contributed by atoms with E-state index in [1.54, 1.807) is 24.5 Å². The zero-order valence-corrected chi connectivity index (χ0v) is 29.3. The second kappa shape index (κ2) is 18.4. The van der Waals surface area contributed by atoms with Gasteiger partial charge < -0.3 is 19.2 Å². The molecular formula is C38H54N4O6. The summed E-state index contributed by atoms with van der Waals surface area (Å²) in [7, 11) is 5.04. The Balaban J connectivity index is 0.000000223. The van der Waals surface area contributed by atoms with Gasteiger partial charge in [-0.25, -0.2) is 9.97 Å². The smallest absolute Gasteiger partial charge is 0.303 e. The van der Waals surface area contributed by atoms with Crippen LogP contribution in [0.5, 0.6) is 5.75 Å². The summed E-state index contributed by atoms with van der Waals surface area (Å²) in [5.74, 6) is 3.38. The molecule has 10 heteroatoms. The molecular weight excluding hydrogens is 608 g/mol. The fourth-order valence-electron chi connectivity index (χ4n) is 6.27. The highest BCUT2D eigenvalue weighted by Crippen LogP contribution is 2.40. The van der Waals surface area contributed by atoms with Crippen LogP contribution >= 0.6 is 0 Å². The quantitative estimate of drug-likeness (QED) is 0.243. The Labute approximate surface area is 286 Å². The number of benzene rings is 1. The maximum absolute atomic E-state index is 12.7. The number of nitrogens with one attached hydrogen (secondary N) is 1. The fourth-order valence-corrected chi connectivity index (χ4v) is 6.27. The molecule has 0 radical (unpaired) electrons. The molecule has 2 amide bonds. The van der Waals surface area contributed by atoms with Crippen molar-refractivity contribution in [3.63, 3.8) is 0 Å². The molecule has 262 valence electrons. The third-order valence-electron chi connectivity index (χ3n) is 9.30. The van der Waals surface area contributed by atoms with Gasteiger partial charge in [0.15, 0.2) is 12.5 Å². The molecule has 0 unspecified atom stereocenters. The standard InChI is InChI=1S/C19H23N3O2.C14H20O.C5H9NO3.H2/c1-22(19(23)14-5-3-2-4-6-14)17-11-15(9-10-20-17)16-12-24-18(21-16)13-7-8-13;1-11-10-13(8-9-14(11)15-2)12-6-4-3-5-7-12;1-4(7)9-3-5(8)6-2;/h9-14H,2-8H2,1H3;8-10,12H,3-7H2,1-2H3;3H2,1-2H3,(H,6,8);1H. The maximum Gasteiger partial charge on any atom is 0.303 e. The lowest BCUT2D eigenvalue weighted by Gasteiger charge is -2.26. The maximum atomic E-state index is 12.7. The zero-order chi connectivity index (χ0) is 34.5. The van der Waals surface area contributed by atoms with Crippen LogP contribution in [0.3, 0.4) is 0 Å². The minimum absolute atomic E-state index is 0. The van der Waals surface area contributed by atoms with Gasteiger partial charge in [-0.05, 0) is 80.7 Å². The summed E-state index contributed by atoms with van der Waals surface area (Å²) in [4.78, 5) is 43.7. The van der Waals surface area contributed by atoms with E-state index >= 15 is 0 Å². The number of anilines is 1. The van der Waals surface area contributed by atoms with Crippen molar-refractivity contribution in [1.82, 2.24) is 15.3 Å². The number of pyridine rings is 1. The largest absolute Gasteiger partial charge is 0.496 e. The normalized spacial score (nSPS) is 16.4. The van der Waals surface area contributed by atoms with Gasteiger partial charge in [-0.1, -0.05) is 50.7 Å². The van der Waals surface area contributed by atoms with Gasteiger partial charge in [0.1, 0.15) is 23.5 Å². The molecule has 0 spiro atoms. The lowest BCUT2D eigenvalue weighted by Crippen LogP contribution is -2.34. The highest BCUT2D eigenvalue weighted by atomic mass is 16.5. The van der Waals surface area contributed by atoms with Gasteiger partial charge in [-0.15, -0.1) is 0 Å². The van der Waals surface area contributed by atoms with Gasteiger partial charge in [0, 0.05) is 46.0 Å². The van der Waals surface area contributed by atoms with Crippen LogP contribution in [0.1, 0.15) is 114 Å². The first kappa shape index (κ1) is 36.6. The third-order valence-corrected chi connectivity index (χ3v) is 9.30. The van der Waals surface area contributed by atoms with E-state index in [0.717, 1.165) is 54.5 Å². The minimum atomic E-state index is -0.446. The predicted octanol–water partition coefficient (Wildman–Crippen LogP) is 7.75. The summed E-state index contributed by atoms with van der Waals surface area (Å²) in [5.41, 5.74) is 4.53. The molecule has 2 heterocycles. The number of hydrogen-bond donors (Lipinski definition) is 1. The van der Waals surface area contributed by atoms with Crippen molar-refractivity contribution in [1.29, 1.82) is 0 Å². The summed E-state index contributed by atoms with van der Waals surface area (Å²) in [6.07, 6.45) is 18.3. The van der Waals surface area contributed by atoms with Crippen LogP contribution in [0.25, 0.3) is 11.3 Å². The molecule has 6 rings (SSSR count). The Morgan fingerprint density at radius 1 is 0.958 bits per heavy atom. The molecule has 3 saturated carbocycles. The van der Waals surface area contributed by atoms with Crippen molar-refractivity contribution in [2.24, 2.45) is 5.92 Å². The topological polar surface area (TPSA) is 124 Å². The van der Waals surface area contributed by atoms with Crippen molar-refractivity contribution in [3.8, 4) is 17.0 Å². The van der Waals surface area contributed by atoms with Crippen LogP contribution in [0.15, 0.2) is 47.2 Å². The zero-order valence-electron chi connectivity index (χ0n) is 29.3. The molecule has 0 atom stereocenters. The molecule has 0 saturated heterocycles. The van der Waals surface area contributed by atoms with Gasteiger partial charge in [0.25, 0.3) is 5.91 Å². The van der Waals surface area contributed by atoms with Crippen LogP contribution in [0.2, 0.25) is 0 Å².